The predicted octanol–water partition coefficient (Wildman–Crippen LogP) is 3.43. The predicted molar refractivity (Wildman–Crippen MR) is 78.8 cm³/mol. The molecule has 0 amide bonds. The maximum absolute atomic E-state index is 11.2. The number of carboxylic acids is 1. The average Bonchev–Trinajstić information content (AvgIpc) is 2.86. The van der Waals surface area contributed by atoms with E-state index < -0.39 is 5.97 Å². The van der Waals surface area contributed by atoms with Crippen molar-refractivity contribution in [2.45, 2.75) is 37.6 Å². The molecule has 1 saturated carbocycles. The molecule has 4 nitrogen and oxygen atoms in total. The highest BCUT2D eigenvalue weighted by Gasteiger charge is 2.36. The number of benzene rings is 1. The van der Waals surface area contributed by atoms with Gasteiger partial charge >= 0.3 is 5.97 Å². The molecule has 0 aliphatic heterocycles. The molecule has 0 radical (unpaired) electrons. The van der Waals surface area contributed by atoms with Gasteiger partial charge in [0.25, 0.3) is 0 Å². The van der Waals surface area contributed by atoms with Crippen LogP contribution in [-0.4, -0.2) is 21.6 Å². The Morgan fingerprint density at radius 1 is 1.25 bits per heavy atom. The van der Waals surface area contributed by atoms with Crippen LogP contribution in [0.25, 0.3) is 10.8 Å². The number of nitrogens with zero attached hydrogens (tertiary/aromatic N) is 1. The Balaban J connectivity index is 1.96. The Labute approximate surface area is 117 Å². The molecule has 1 fully saturated rings. The molecule has 0 saturated heterocycles. The Morgan fingerprint density at radius 2 is 2.00 bits per heavy atom. The molecule has 1 aromatic carbocycles. The molecule has 2 N–H and O–H groups in total. The number of hydrogen-bond acceptors (Lipinski definition) is 3. The van der Waals surface area contributed by atoms with E-state index in [1.807, 2.05) is 30.3 Å². The number of carbonyl (C=O) groups is 1. The molecular formula is C16H18N2O2. The Morgan fingerprint density at radius 3 is 2.75 bits per heavy atom. The summed E-state index contributed by atoms with van der Waals surface area (Å²) in [7, 11) is 0. The maximum atomic E-state index is 11.2. The van der Waals surface area contributed by atoms with Crippen molar-refractivity contribution >= 4 is 22.6 Å². The normalized spacial score (nSPS) is 17.2. The van der Waals surface area contributed by atoms with Crippen LogP contribution in [0.15, 0.2) is 36.5 Å². The number of fused-ring (bicyclic) bond motifs is 1. The van der Waals surface area contributed by atoms with Crippen LogP contribution in [0.2, 0.25) is 0 Å². The van der Waals surface area contributed by atoms with Crippen molar-refractivity contribution in [2.24, 2.45) is 0 Å². The zero-order valence-electron chi connectivity index (χ0n) is 11.3. The minimum Gasteiger partial charge on any atom is -0.481 e. The van der Waals surface area contributed by atoms with Crippen LogP contribution < -0.4 is 5.32 Å². The number of nitrogens with one attached hydrogen (secondary N) is 1. The average molecular weight is 270 g/mol. The van der Waals surface area contributed by atoms with Crippen LogP contribution in [0.5, 0.6) is 0 Å². The van der Waals surface area contributed by atoms with Crippen LogP contribution in [0.4, 0.5) is 5.82 Å². The largest absolute Gasteiger partial charge is 0.481 e. The van der Waals surface area contributed by atoms with E-state index in [1.54, 1.807) is 6.20 Å². The monoisotopic (exact) mass is 270 g/mol. The summed E-state index contributed by atoms with van der Waals surface area (Å²) in [6.45, 7) is 0. The van der Waals surface area contributed by atoms with Crippen LogP contribution in [0.1, 0.15) is 32.1 Å². The third-order valence-corrected chi connectivity index (χ3v) is 4.11. The van der Waals surface area contributed by atoms with E-state index in [4.69, 9.17) is 5.11 Å². The fraction of sp³-hybridized carbons (Fsp3) is 0.375. The summed E-state index contributed by atoms with van der Waals surface area (Å²) in [6.07, 6.45) is 5.86. The lowest BCUT2D eigenvalue weighted by Crippen LogP contribution is -2.37. The summed E-state index contributed by atoms with van der Waals surface area (Å²) >= 11 is 0. The van der Waals surface area contributed by atoms with E-state index in [1.165, 1.54) is 0 Å². The van der Waals surface area contributed by atoms with Crippen LogP contribution in [-0.2, 0) is 4.79 Å². The molecule has 0 bridgehead atoms. The van der Waals surface area contributed by atoms with Crippen molar-refractivity contribution in [3.05, 3.63) is 36.5 Å². The molecule has 2 aromatic rings. The van der Waals surface area contributed by atoms with E-state index in [2.05, 4.69) is 10.3 Å². The number of aromatic nitrogens is 1. The van der Waals surface area contributed by atoms with Gasteiger partial charge in [0.1, 0.15) is 5.82 Å². The van der Waals surface area contributed by atoms with Crippen molar-refractivity contribution in [3.8, 4) is 0 Å². The fourth-order valence-corrected chi connectivity index (χ4v) is 3.16. The zero-order valence-corrected chi connectivity index (χ0v) is 11.3. The van der Waals surface area contributed by atoms with Crippen molar-refractivity contribution in [1.29, 1.82) is 0 Å². The minimum atomic E-state index is -0.750. The molecule has 1 aliphatic carbocycles. The van der Waals surface area contributed by atoms with Crippen molar-refractivity contribution in [1.82, 2.24) is 4.98 Å². The van der Waals surface area contributed by atoms with Gasteiger partial charge in [-0.25, -0.2) is 4.98 Å². The van der Waals surface area contributed by atoms with Gasteiger partial charge in [-0.3, -0.25) is 4.79 Å². The van der Waals surface area contributed by atoms with Crippen molar-refractivity contribution in [2.75, 3.05) is 5.32 Å². The summed E-state index contributed by atoms with van der Waals surface area (Å²) in [5.74, 6) is 0.0471. The molecule has 1 heterocycles. The first-order chi connectivity index (χ1) is 9.69. The van der Waals surface area contributed by atoms with E-state index >= 15 is 0 Å². The van der Waals surface area contributed by atoms with Gasteiger partial charge in [0.05, 0.1) is 6.42 Å². The summed E-state index contributed by atoms with van der Waals surface area (Å²) in [6, 6.07) is 10.0. The number of rotatable bonds is 4. The van der Waals surface area contributed by atoms with Gasteiger partial charge < -0.3 is 10.4 Å². The first kappa shape index (κ1) is 12.9. The first-order valence-corrected chi connectivity index (χ1v) is 7.02. The quantitative estimate of drug-likeness (QED) is 0.893. The Hall–Kier alpha value is -2.10. The van der Waals surface area contributed by atoms with Gasteiger partial charge in [-0.2, -0.15) is 0 Å². The molecule has 0 spiro atoms. The number of pyridine rings is 1. The molecule has 1 aromatic heterocycles. The third kappa shape index (κ3) is 2.46. The standard InChI is InChI=1S/C16H18N2O2/c19-14(20)11-16(8-3-4-9-16)18-15-13-6-2-1-5-12(13)7-10-17-15/h1-2,5-7,10H,3-4,8-9,11H2,(H,17,18)(H,19,20). The van der Waals surface area contributed by atoms with E-state index in [0.717, 1.165) is 42.3 Å². The lowest BCUT2D eigenvalue weighted by molar-refractivity contribution is -0.138. The Kier molecular flexibility index (Phi) is 3.30. The molecule has 20 heavy (non-hydrogen) atoms. The minimum absolute atomic E-state index is 0.151. The molecule has 1 aliphatic rings. The maximum Gasteiger partial charge on any atom is 0.305 e. The van der Waals surface area contributed by atoms with Gasteiger partial charge in [-0.15, -0.1) is 0 Å². The number of aliphatic carboxylic acids is 1. The molecular weight excluding hydrogens is 252 g/mol. The number of anilines is 1. The summed E-state index contributed by atoms with van der Waals surface area (Å²) in [4.78, 5) is 15.6. The van der Waals surface area contributed by atoms with Crippen molar-refractivity contribution < 1.29 is 9.90 Å². The third-order valence-electron chi connectivity index (χ3n) is 4.11. The van der Waals surface area contributed by atoms with E-state index in [-0.39, 0.29) is 12.0 Å². The molecule has 0 atom stereocenters. The highest BCUT2D eigenvalue weighted by atomic mass is 16.4. The number of hydrogen-bond donors (Lipinski definition) is 2. The number of carboxylic acid groups (broad SMARTS) is 1. The highest BCUT2D eigenvalue weighted by molar-refractivity contribution is 5.92. The van der Waals surface area contributed by atoms with Crippen molar-refractivity contribution in [3.63, 3.8) is 0 Å². The van der Waals surface area contributed by atoms with Gasteiger partial charge in [0, 0.05) is 17.1 Å². The first-order valence-electron chi connectivity index (χ1n) is 7.02. The van der Waals surface area contributed by atoms with Gasteiger partial charge in [0.15, 0.2) is 0 Å². The summed E-state index contributed by atoms with van der Waals surface area (Å²) in [5.41, 5.74) is -0.344. The van der Waals surface area contributed by atoms with E-state index in [0.29, 0.717) is 0 Å². The van der Waals surface area contributed by atoms with Gasteiger partial charge in [-0.1, -0.05) is 37.1 Å². The fourth-order valence-electron chi connectivity index (χ4n) is 3.16. The second-order valence-electron chi connectivity index (χ2n) is 5.56. The topological polar surface area (TPSA) is 62.2 Å². The molecule has 4 heteroatoms. The summed E-state index contributed by atoms with van der Waals surface area (Å²) in [5, 5.41) is 14.8. The van der Waals surface area contributed by atoms with Crippen LogP contribution >= 0.6 is 0 Å². The SMILES string of the molecule is O=C(O)CC1(Nc2nccc3ccccc23)CCCC1. The molecule has 3 rings (SSSR count). The lowest BCUT2D eigenvalue weighted by atomic mass is 9.93. The second kappa shape index (κ2) is 5.12. The molecule has 0 unspecified atom stereocenters. The van der Waals surface area contributed by atoms with Crippen LogP contribution in [0.3, 0.4) is 0 Å². The van der Waals surface area contributed by atoms with Gasteiger partial charge in [0.2, 0.25) is 0 Å². The molecule has 104 valence electrons. The van der Waals surface area contributed by atoms with Crippen LogP contribution in [0, 0.1) is 0 Å². The lowest BCUT2D eigenvalue weighted by Gasteiger charge is -2.29. The Bertz CT molecular complexity index is 628. The second-order valence-corrected chi connectivity index (χ2v) is 5.56. The zero-order chi connectivity index (χ0) is 14.0. The van der Waals surface area contributed by atoms with Gasteiger partial charge in [-0.05, 0) is 24.3 Å². The highest BCUT2D eigenvalue weighted by Crippen LogP contribution is 2.36. The van der Waals surface area contributed by atoms with E-state index in [9.17, 15) is 4.79 Å². The summed E-state index contributed by atoms with van der Waals surface area (Å²) < 4.78 is 0. The smallest absolute Gasteiger partial charge is 0.305 e.